The number of nitrogens with one attached hydrogen (secondary N) is 1. The minimum atomic E-state index is -3.54. The fourth-order valence-corrected chi connectivity index (χ4v) is 5.17. The van der Waals surface area contributed by atoms with Crippen molar-refractivity contribution in [3.8, 4) is 5.75 Å². The molecular weight excluding hydrogens is 448 g/mol. The third-order valence-electron chi connectivity index (χ3n) is 5.69. The van der Waals surface area contributed by atoms with Gasteiger partial charge >= 0.3 is 0 Å². The monoisotopic (exact) mass is 478 g/mol. The van der Waals surface area contributed by atoms with E-state index >= 15 is 0 Å². The summed E-state index contributed by atoms with van der Waals surface area (Å²) in [6.07, 6.45) is 2.82. The number of carbonyl (C=O) groups is 1. The lowest BCUT2D eigenvalue weighted by molar-refractivity contribution is -0.133. The van der Waals surface area contributed by atoms with E-state index in [1.165, 1.54) is 0 Å². The first-order valence-corrected chi connectivity index (χ1v) is 12.8. The number of benzene rings is 2. The number of sulfonamides is 1. The SMILES string of the molecule is Cc1ccc(S(=O)(=O)NCC2CCCN(C(=O)CCCOc3ccc(Cl)cc3C)C2)cc1. The van der Waals surface area contributed by atoms with Gasteiger partial charge in [0.2, 0.25) is 15.9 Å². The van der Waals surface area contributed by atoms with Gasteiger partial charge in [0.05, 0.1) is 11.5 Å². The van der Waals surface area contributed by atoms with Crippen LogP contribution in [0.3, 0.4) is 0 Å². The molecule has 6 nitrogen and oxygen atoms in total. The summed E-state index contributed by atoms with van der Waals surface area (Å²) in [7, 11) is -3.54. The van der Waals surface area contributed by atoms with E-state index in [9.17, 15) is 13.2 Å². The predicted molar refractivity (Wildman–Crippen MR) is 127 cm³/mol. The van der Waals surface area contributed by atoms with Gasteiger partial charge in [0.25, 0.3) is 0 Å². The van der Waals surface area contributed by atoms with Crippen LogP contribution in [0.5, 0.6) is 5.75 Å². The minimum absolute atomic E-state index is 0.0903. The number of aryl methyl sites for hydroxylation is 2. The van der Waals surface area contributed by atoms with Crippen molar-refractivity contribution in [3.63, 3.8) is 0 Å². The summed E-state index contributed by atoms with van der Waals surface area (Å²) in [6.45, 7) is 5.94. The Morgan fingerprint density at radius 3 is 2.66 bits per heavy atom. The van der Waals surface area contributed by atoms with E-state index in [-0.39, 0.29) is 16.7 Å². The molecule has 1 saturated heterocycles. The van der Waals surface area contributed by atoms with Gasteiger partial charge in [-0.1, -0.05) is 29.3 Å². The van der Waals surface area contributed by atoms with Crippen molar-refractivity contribution >= 4 is 27.5 Å². The van der Waals surface area contributed by atoms with E-state index in [1.807, 2.05) is 30.9 Å². The number of hydrogen-bond donors (Lipinski definition) is 1. The Hall–Kier alpha value is -2.09. The third-order valence-corrected chi connectivity index (χ3v) is 7.37. The van der Waals surface area contributed by atoms with Gasteiger partial charge in [-0.3, -0.25) is 4.79 Å². The number of carbonyl (C=O) groups excluding carboxylic acids is 1. The highest BCUT2D eigenvalue weighted by Gasteiger charge is 2.25. The molecule has 2 aromatic rings. The molecule has 1 amide bonds. The summed E-state index contributed by atoms with van der Waals surface area (Å²) >= 11 is 5.96. The third kappa shape index (κ3) is 6.95. The zero-order valence-electron chi connectivity index (χ0n) is 18.6. The molecule has 174 valence electrons. The summed E-state index contributed by atoms with van der Waals surface area (Å²) < 4.78 is 33.5. The van der Waals surface area contributed by atoms with Crippen LogP contribution in [0.1, 0.15) is 36.8 Å². The average Bonchev–Trinajstić information content (AvgIpc) is 2.77. The van der Waals surface area contributed by atoms with Gasteiger partial charge in [-0.05, 0) is 74.9 Å². The van der Waals surface area contributed by atoms with Crippen molar-refractivity contribution < 1.29 is 17.9 Å². The van der Waals surface area contributed by atoms with Crippen molar-refractivity contribution in [1.82, 2.24) is 9.62 Å². The largest absolute Gasteiger partial charge is 0.493 e. The number of hydrogen-bond acceptors (Lipinski definition) is 4. The van der Waals surface area contributed by atoms with Crippen molar-refractivity contribution in [2.24, 2.45) is 5.92 Å². The van der Waals surface area contributed by atoms with Crippen LogP contribution in [0.2, 0.25) is 5.02 Å². The minimum Gasteiger partial charge on any atom is -0.493 e. The molecule has 0 aromatic heterocycles. The summed E-state index contributed by atoms with van der Waals surface area (Å²) in [5, 5.41) is 0.672. The molecule has 1 heterocycles. The molecule has 32 heavy (non-hydrogen) atoms. The molecule has 1 unspecified atom stereocenters. The van der Waals surface area contributed by atoms with Crippen LogP contribution in [-0.2, 0) is 14.8 Å². The van der Waals surface area contributed by atoms with Gasteiger partial charge in [0, 0.05) is 31.1 Å². The highest BCUT2D eigenvalue weighted by molar-refractivity contribution is 7.89. The summed E-state index contributed by atoms with van der Waals surface area (Å²) in [5.41, 5.74) is 1.98. The first-order valence-electron chi connectivity index (χ1n) is 11.0. The molecule has 3 rings (SSSR count). The fourth-order valence-electron chi connectivity index (χ4n) is 3.82. The molecule has 0 aliphatic carbocycles. The van der Waals surface area contributed by atoms with Crippen LogP contribution >= 0.6 is 11.6 Å². The summed E-state index contributed by atoms with van der Waals surface area (Å²) in [4.78, 5) is 14.8. The Morgan fingerprint density at radius 1 is 1.19 bits per heavy atom. The van der Waals surface area contributed by atoms with Gasteiger partial charge < -0.3 is 9.64 Å². The quantitative estimate of drug-likeness (QED) is 0.544. The van der Waals surface area contributed by atoms with Crippen molar-refractivity contribution in [1.29, 1.82) is 0 Å². The second-order valence-electron chi connectivity index (χ2n) is 8.37. The van der Waals surface area contributed by atoms with Crippen molar-refractivity contribution in [2.75, 3.05) is 26.2 Å². The van der Waals surface area contributed by atoms with Gasteiger partial charge in [-0.15, -0.1) is 0 Å². The van der Waals surface area contributed by atoms with Crippen LogP contribution < -0.4 is 9.46 Å². The molecule has 0 radical (unpaired) electrons. The topological polar surface area (TPSA) is 75.7 Å². The lowest BCUT2D eigenvalue weighted by Gasteiger charge is -2.33. The molecule has 1 aliphatic rings. The summed E-state index contributed by atoms with van der Waals surface area (Å²) in [6, 6.07) is 12.3. The highest BCUT2D eigenvalue weighted by Crippen LogP contribution is 2.22. The Kier molecular flexibility index (Phi) is 8.57. The number of likely N-dealkylation sites (tertiary alicyclic amines) is 1. The maximum Gasteiger partial charge on any atom is 0.240 e. The lowest BCUT2D eigenvalue weighted by Crippen LogP contribution is -2.43. The number of nitrogens with zero attached hydrogens (tertiary/aromatic N) is 1. The Balaban J connectivity index is 1.42. The number of halogens is 1. The van der Waals surface area contributed by atoms with E-state index in [0.29, 0.717) is 37.6 Å². The molecule has 1 N–H and O–H groups in total. The van der Waals surface area contributed by atoms with Crippen LogP contribution in [0.25, 0.3) is 0 Å². The molecule has 2 aromatic carbocycles. The average molecular weight is 479 g/mol. The normalized spacial score (nSPS) is 16.7. The Bertz CT molecular complexity index is 1020. The van der Waals surface area contributed by atoms with Crippen LogP contribution in [0.15, 0.2) is 47.4 Å². The number of piperidine rings is 1. The highest BCUT2D eigenvalue weighted by atomic mass is 35.5. The maximum atomic E-state index is 12.6. The number of ether oxygens (including phenoxy) is 1. The van der Waals surface area contributed by atoms with Crippen LogP contribution in [-0.4, -0.2) is 45.5 Å². The summed E-state index contributed by atoms with van der Waals surface area (Å²) in [5.74, 6) is 0.981. The maximum absolute atomic E-state index is 12.6. The van der Waals surface area contributed by atoms with E-state index in [4.69, 9.17) is 16.3 Å². The second-order valence-corrected chi connectivity index (χ2v) is 10.6. The van der Waals surface area contributed by atoms with Crippen molar-refractivity contribution in [2.45, 2.75) is 44.4 Å². The second kappa shape index (κ2) is 11.2. The van der Waals surface area contributed by atoms with E-state index in [2.05, 4.69) is 4.72 Å². The first kappa shape index (κ1) is 24.6. The smallest absolute Gasteiger partial charge is 0.240 e. The van der Waals surface area contributed by atoms with Crippen LogP contribution in [0.4, 0.5) is 0 Å². The molecule has 8 heteroatoms. The molecule has 0 bridgehead atoms. The zero-order valence-corrected chi connectivity index (χ0v) is 20.2. The fraction of sp³-hybridized carbons (Fsp3) is 0.458. The Labute approximate surface area is 196 Å². The van der Waals surface area contributed by atoms with Gasteiger partial charge in [-0.2, -0.15) is 0 Å². The standard InChI is InChI=1S/C24H31ClN2O4S/c1-18-7-10-22(11-8-18)32(29,30)26-16-20-5-3-13-27(17-20)24(28)6-4-14-31-23-12-9-21(25)15-19(23)2/h7-12,15,20,26H,3-6,13-14,16-17H2,1-2H3. The Morgan fingerprint density at radius 2 is 1.94 bits per heavy atom. The van der Waals surface area contributed by atoms with E-state index in [0.717, 1.165) is 36.3 Å². The van der Waals surface area contributed by atoms with Crippen molar-refractivity contribution in [3.05, 3.63) is 58.6 Å². The molecule has 1 aliphatic heterocycles. The predicted octanol–water partition coefficient (Wildman–Crippen LogP) is 4.33. The van der Waals surface area contributed by atoms with Gasteiger partial charge in [-0.25, -0.2) is 13.1 Å². The number of rotatable bonds is 9. The molecule has 1 fully saturated rings. The molecule has 0 saturated carbocycles. The van der Waals surface area contributed by atoms with E-state index in [1.54, 1.807) is 30.3 Å². The van der Waals surface area contributed by atoms with E-state index < -0.39 is 10.0 Å². The van der Waals surface area contributed by atoms with Crippen LogP contribution in [0, 0.1) is 19.8 Å². The number of amides is 1. The molecular formula is C24H31ClN2O4S. The lowest BCUT2D eigenvalue weighted by atomic mass is 9.98. The molecule has 0 spiro atoms. The van der Waals surface area contributed by atoms with Gasteiger partial charge in [0.1, 0.15) is 5.75 Å². The molecule has 1 atom stereocenters. The van der Waals surface area contributed by atoms with Gasteiger partial charge in [0.15, 0.2) is 0 Å². The zero-order chi connectivity index (χ0) is 23.1. The first-order chi connectivity index (χ1) is 15.2.